The van der Waals surface area contributed by atoms with Crippen molar-refractivity contribution in [3.05, 3.63) is 30.0 Å². The summed E-state index contributed by atoms with van der Waals surface area (Å²) < 4.78 is 7.97. The molecule has 0 aliphatic carbocycles. The highest BCUT2D eigenvalue weighted by atomic mass is 16.5. The Morgan fingerprint density at radius 3 is 2.53 bits per heavy atom. The number of aromatic nitrogens is 2. The standard InChI is InChI=1S/C25H36N6O3/c1-15(2)31-21-7-5-4-6-20(21)23(28-31)24(32)27-17-12-18-8-9-19(13-17)30(18)16(3)22-14-29(25(26)33)10-11-34-22/h4-7,15-19,22H,8-14H2,1-3H3,(H2,26,33)(H,27,32)/t16?,17?,18-,19+,22?. The predicted octanol–water partition coefficient (Wildman–Crippen LogP) is 2.51. The summed E-state index contributed by atoms with van der Waals surface area (Å²) in [5.74, 6) is -0.0887. The van der Waals surface area contributed by atoms with Crippen LogP contribution in [-0.4, -0.2) is 81.5 Å². The first-order chi connectivity index (χ1) is 16.3. The summed E-state index contributed by atoms with van der Waals surface area (Å²) in [6.07, 6.45) is 4.04. The molecule has 3 saturated heterocycles. The molecule has 0 spiro atoms. The van der Waals surface area contributed by atoms with Crippen LogP contribution in [0.5, 0.6) is 0 Å². The molecule has 2 bridgehead atoms. The van der Waals surface area contributed by atoms with Crippen LogP contribution in [0.25, 0.3) is 10.9 Å². The second kappa shape index (κ2) is 9.19. The molecule has 0 radical (unpaired) electrons. The van der Waals surface area contributed by atoms with Gasteiger partial charge in [0.25, 0.3) is 5.91 Å². The fourth-order valence-corrected chi connectivity index (χ4v) is 6.26. The van der Waals surface area contributed by atoms with Crippen LogP contribution >= 0.6 is 0 Å². The third kappa shape index (κ3) is 4.15. The van der Waals surface area contributed by atoms with E-state index in [1.807, 2.05) is 28.9 Å². The van der Waals surface area contributed by atoms with Gasteiger partial charge < -0.3 is 20.7 Å². The number of ether oxygens (including phenoxy) is 1. The number of rotatable bonds is 5. The Hall–Kier alpha value is -2.65. The first-order valence-corrected chi connectivity index (χ1v) is 12.5. The van der Waals surface area contributed by atoms with Crippen LogP contribution in [0.2, 0.25) is 0 Å². The van der Waals surface area contributed by atoms with Crippen LogP contribution < -0.4 is 11.1 Å². The number of hydrogen-bond donors (Lipinski definition) is 2. The lowest BCUT2D eigenvalue weighted by Crippen LogP contribution is -2.60. The van der Waals surface area contributed by atoms with Crippen LogP contribution in [0.15, 0.2) is 24.3 Å². The molecule has 4 heterocycles. The molecule has 1 aromatic heterocycles. The second-order valence-electron chi connectivity index (χ2n) is 10.3. The fourth-order valence-electron chi connectivity index (χ4n) is 6.26. The highest BCUT2D eigenvalue weighted by Crippen LogP contribution is 2.38. The molecule has 1 aromatic carbocycles. The maximum Gasteiger partial charge on any atom is 0.314 e. The van der Waals surface area contributed by atoms with Gasteiger partial charge >= 0.3 is 6.03 Å². The van der Waals surface area contributed by atoms with Gasteiger partial charge in [-0.25, -0.2) is 4.79 Å². The average molecular weight is 469 g/mol. The summed E-state index contributed by atoms with van der Waals surface area (Å²) in [5, 5.41) is 8.87. The third-order valence-electron chi connectivity index (χ3n) is 7.86. The smallest absolute Gasteiger partial charge is 0.314 e. The van der Waals surface area contributed by atoms with Crippen molar-refractivity contribution in [3.63, 3.8) is 0 Å². The van der Waals surface area contributed by atoms with E-state index in [1.54, 1.807) is 4.90 Å². The van der Waals surface area contributed by atoms with E-state index in [0.29, 0.717) is 37.5 Å². The van der Waals surface area contributed by atoms with Gasteiger partial charge in [0, 0.05) is 42.1 Å². The number of para-hydroxylation sites is 1. The van der Waals surface area contributed by atoms with Gasteiger partial charge in [-0.15, -0.1) is 0 Å². The SMILES string of the molecule is CC(C1CN(C(N)=O)CCO1)N1[C@@H]2CC[C@H]1CC(NC(=O)c1nn(C(C)C)c3ccccc13)C2. The Kier molecular flexibility index (Phi) is 6.24. The zero-order chi connectivity index (χ0) is 24.0. The van der Waals surface area contributed by atoms with Crippen LogP contribution in [-0.2, 0) is 4.74 Å². The first-order valence-electron chi connectivity index (χ1n) is 12.5. The Balaban J connectivity index is 1.26. The number of nitrogens with two attached hydrogens (primary N) is 1. The number of nitrogens with one attached hydrogen (secondary N) is 1. The quantitative estimate of drug-likeness (QED) is 0.701. The molecule has 3 unspecified atom stereocenters. The molecule has 3 amide bonds. The van der Waals surface area contributed by atoms with E-state index in [9.17, 15) is 9.59 Å². The van der Waals surface area contributed by atoms with Crippen LogP contribution in [0, 0.1) is 0 Å². The van der Waals surface area contributed by atoms with E-state index in [-0.39, 0.29) is 36.2 Å². The van der Waals surface area contributed by atoms with Crippen molar-refractivity contribution in [2.75, 3.05) is 19.7 Å². The van der Waals surface area contributed by atoms with Crippen molar-refractivity contribution in [2.45, 2.75) is 82.8 Å². The Morgan fingerprint density at radius 1 is 1.15 bits per heavy atom. The molecule has 3 fully saturated rings. The number of carbonyl (C=O) groups is 2. The molecule has 3 N–H and O–H groups in total. The monoisotopic (exact) mass is 468 g/mol. The van der Waals surface area contributed by atoms with E-state index >= 15 is 0 Å². The molecule has 9 heteroatoms. The highest BCUT2D eigenvalue weighted by Gasteiger charge is 2.46. The summed E-state index contributed by atoms with van der Waals surface area (Å²) in [4.78, 5) is 29.2. The number of urea groups is 1. The summed E-state index contributed by atoms with van der Waals surface area (Å²) in [7, 11) is 0. The van der Waals surface area contributed by atoms with Crippen molar-refractivity contribution in [1.29, 1.82) is 0 Å². The summed E-state index contributed by atoms with van der Waals surface area (Å²) in [5.41, 5.74) is 7.01. The number of benzene rings is 1. The number of hydrogen-bond acceptors (Lipinski definition) is 5. The zero-order valence-electron chi connectivity index (χ0n) is 20.3. The largest absolute Gasteiger partial charge is 0.373 e. The normalized spacial score (nSPS) is 28.4. The van der Waals surface area contributed by atoms with Crippen molar-refractivity contribution in [1.82, 2.24) is 24.9 Å². The topological polar surface area (TPSA) is 106 Å². The van der Waals surface area contributed by atoms with Crippen molar-refractivity contribution in [2.24, 2.45) is 5.73 Å². The van der Waals surface area contributed by atoms with Crippen molar-refractivity contribution in [3.8, 4) is 0 Å². The molecule has 5 atom stereocenters. The molecule has 184 valence electrons. The Bertz CT molecular complexity index is 1050. The molecule has 3 aliphatic rings. The van der Waals surface area contributed by atoms with E-state index in [2.05, 4.69) is 36.1 Å². The van der Waals surface area contributed by atoms with Gasteiger partial charge in [0.2, 0.25) is 0 Å². The number of carbonyl (C=O) groups excluding carboxylic acids is 2. The predicted molar refractivity (Wildman–Crippen MR) is 130 cm³/mol. The van der Waals surface area contributed by atoms with E-state index < -0.39 is 0 Å². The third-order valence-corrected chi connectivity index (χ3v) is 7.86. The molecule has 5 rings (SSSR count). The van der Waals surface area contributed by atoms with E-state index in [1.165, 1.54) is 0 Å². The molecule has 3 aliphatic heterocycles. The summed E-state index contributed by atoms with van der Waals surface area (Å²) in [6, 6.07) is 8.86. The van der Waals surface area contributed by atoms with Gasteiger partial charge in [-0.3, -0.25) is 14.4 Å². The number of amides is 3. The minimum atomic E-state index is -0.377. The van der Waals surface area contributed by atoms with Crippen LogP contribution in [0.1, 0.15) is 63.0 Å². The number of nitrogens with zero attached hydrogens (tertiary/aromatic N) is 4. The van der Waals surface area contributed by atoms with E-state index in [0.717, 1.165) is 36.6 Å². The number of morpholine rings is 1. The maximum absolute atomic E-state index is 13.3. The van der Waals surface area contributed by atoms with Gasteiger partial charge in [-0.2, -0.15) is 5.10 Å². The van der Waals surface area contributed by atoms with Gasteiger partial charge in [-0.1, -0.05) is 18.2 Å². The van der Waals surface area contributed by atoms with Gasteiger partial charge in [0.15, 0.2) is 5.69 Å². The van der Waals surface area contributed by atoms with Crippen LogP contribution in [0.3, 0.4) is 0 Å². The number of primary amides is 1. The van der Waals surface area contributed by atoms with Crippen molar-refractivity contribution >= 4 is 22.8 Å². The van der Waals surface area contributed by atoms with E-state index in [4.69, 9.17) is 10.5 Å². The van der Waals surface area contributed by atoms with Gasteiger partial charge in [0.1, 0.15) is 0 Å². The zero-order valence-corrected chi connectivity index (χ0v) is 20.3. The molecule has 34 heavy (non-hydrogen) atoms. The van der Waals surface area contributed by atoms with Gasteiger partial charge in [0.05, 0.1) is 24.8 Å². The number of fused-ring (bicyclic) bond motifs is 3. The molecule has 0 saturated carbocycles. The lowest BCUT2D eigenvalue weighted by molar-refractivity contribution is -0.0732. The lowest BCUT2D eigenvalue weighted by Gasteiger charge is -2.46. The molecule has 2 aromatic rings. The van der Waals surface area contributed by atoms with Gasteiger partial charge in [-0.05, 0) is 52.5 Å². The Morgan fingerprint density at radius 2 is 1.85 bits per heavy atom. The highest BCUT2D eigenvalue weighted by molar-refractivity contribution is 6.05. The number of piperidine rings is 1. The first kappa shape index (κ1) is 23.1. The molecular weight excluding hydrogens is 432 g/mol. The fraction of sp³-hybridized carbons (Fsp3) is 0.640. The molecular formula is C25H36N6O3. The molecule has 9 nitrogen and oxygen atoms in total. The summed E-state index contributed by atoms with van der Waals surface area (Å²) in [6.45, 7) is 7.97. The Labute approximate surface area is 200 Å². The maximum atomic E-state index is 13.3. The average Bonchev–Trinajstić information content (AvgIpc) is 3.34. The minimum Gasteiger partial charge on any atom is -0.373 e. The second-order valence-corrected chi connectivity index (χ2v) is 10.3. The lowest BCUT2D eigenvalue weighted by atomic mass is 9.93. The minimum absolute atomic E-state index is 0.0400. The summed E-state index contributed by atoms with van der Waals surface area (Å²) >= 11 is 0. The van der Waals surface area contributed by atoms with Crippen molar-refractivity contribution < 1.29 is 14.3 Å². The van der Waals surface area contributed by atoms with Crippen LogP contribution in [0.4, 0.5) is 4.79 Å².